The fraction of sp³-hybridized carbons (Fsp3) is 0.412. The van der Waals surface area contributed by atoms with Gasteiger partial charge < -0.3 is 15.7 Å². The zero-order valence-corrected chi connectivity index (χ0v) is 16.0. The molecule has 25 heavy (non-hydrogen) atoms. The van der Waals surface area contributed by atoms with Crippen molar-refractivity contribution >= 4 is 32.7 Å². The van der Waals surface area contributed by atoms with Gasteiger partial charge in [0.25, 0.3) is 10.0 Å². The second-order valence-electron chi connectivity index (χ2n) is 6.70. The van der Waals surface area contributed by atoms with Gasteiger partial charge in [-0.15, -0.1) is 11.3 Å². The number of thiophene rings is 1. The van der Waals surface area contributed by atoms with E-state index in [4.69, 9.17) is 5.73 Å². The Morgan fingerprint density at radius 2 is 1.72 bits per heavy atom. The summed E-state index contributed by atoms with van der Waals surface area (Å²) in [5, 5.41) is 11.7. The molecule has 6 nitrogen and oxygen atoms in total. The Hall–Kier alpha value is -1.61. The van der Waals surface area contributed by atoms with E-state index in [1.54, 1.807) is 19.2 Å². The summed E-state index contributed by atoms with van der Waals surface area (Å²) in [6.45, 7) is 5.64. The van der Waals surface area contributed by atoms with Crippen molar-refractivity contribution in [2.45, 2.75) is 23.7 Å². The molecule has 0 bridgehead atoms. The van der Waals surface area contributed by atoms with E-state index in [0.717, 1.165) is 22.6 Å². The highest BCUT2D eigenvalue weighted by atomic mass is 32.2. The lowest BCUT2D eigenvalue weighted by Crippen LogP contribution is -2.48. The van der Waals surface area contributed by atoms with Gasteiger partial charge in [-0.3, -0.25) is 0 Å². The number of nitrogen functional groups attached to an aromatic ring is 1. The number of benzene rings is 1. The van der Waals surface area contributed by atoms with Crippen LogP contribution < -0.4 is 10.6 Å². The second kappa shape index (κ2) is 6.60. The van der Waals surface area contributed by atoms with Gasteiger partial charge in [0.1, 0.15) is 4.21 Å². The van der Waals surface area contributed by atoms with Gasteiger partial charge in [-0.1, -0.05) is 12.1 Å². The molecule has 0 aliphatic carbocycles. The van der Waals surface area contributed by atoms with Gasteiger partial charge in [-0.2, -0.15) is 4.31 Å². The summed E-state index contributed by atoms with van der Waals surface area (Å²) in [4.78, 5) is 2.16. The van der Waals surface area contributed by atoms with Crippen LogP contribution in [0.3, 0.4) is 0 Å². The third-order valence-corrected chi connectivity index (χ3v) is 7.70. The van der Waals surface area contributed by atoms with E-state index in [-0.39, 0.29) is 0 Å². The lowest BCUT2D eigenvalue weighted by Gasteiger charge is -2.35. The van der Waals surface area contributed by atoms with E-state index in [2.05, 4.69) is 4.90 Å². The van der Waals surface area contributed by atoms with Crippen molar-refractivity contribution < 1.29 is 13.5 Å². The zero-order chi connectivity index (χ0) is 18.2. The number of hydrogen-bond acceptors (Lipinski definition) is 6. The topological polar surface area (TPSA) is 86.9 Å². The minimum absolute atomic E-state index is 0.299. The van der Waals surface area contributed by atoms with Crippen LogP contribution in [0.2, 0.25) is 0 Å². The molecule has 8 heteroatoms. The van der Waals surface area contributed by atoms with Crippen molar-refractivity contribution in [3.63, 3.8) is 0 Å². The molecule has 0 atom stereocenters. The molecule has 0 saturated carbocycles. The van der Waals surface area contributed by atoms with Crippen LogP contribution in [0, 0.1) is 0 Å². The summed E-state index contributed by atoms with van der Waals surface area (Å²) in [6, 6.07) is 9.27. The van der Waals surface area contributed by atoms with Crippen LogP contribution in [0.15, 0.2) is 39.9 Å². The number of sulfonamides is 1. The van der Waals surface area contributed by atoms with Crippen molar-refractivity contribution in [3.05, 3.63) is 41.3 Å². The molecule has 1 aliphatic rings. The van der Waals surface area contributed by atoms with Crippen LogP contribution >= 0.6 is 11.3 Å². The molecule has 3 N–H and O–H groups in total. The van der Waals surface area contributed by atoms with Crippen molar-refractivity contribution in [2.75, 3.05) is 36.8 Å². The highest BCUT2D eigenvalue weighted by Gasteiger charge is 2.29. The monoisotopic (exact) mass is 381 g/mol. The van der Waals surface area contributed by atoms with E-state index < -0.39 is 15.6 Å². The van der Waals surface area contributed by atoms with E-state index >= 15 is 0 Å². The molecular weight excluding hydrogens is 358 g/mol. The van der Waals surface area contributed by atoms with Crippen LogP contribution in [-0.4, -0.2) is 44.0 Å². The zero-order valence-electron chi connectivity index (χ0n) is 14.3. The van der Waals surface area contributed by atoms with Gasteiger partial charge in [0, 0.05) is 42.9 Å². The summed E-state index contributed by atoms with van der Waals surface area (Å²) < 4.78 is 27.1. The number of aliphatic hydroxyl groups is 1. The summed E-state index contributed by atoms with van der Waals surface area (Å²) in [5.41, 5.74) is 7.15. The Bertz CT molecular complexity index is 831. The molecule has 1 aromatic heterocycles. The maximum absolute atomic E-state index is 12.6. The molecule has 1 fully saturated rings. The third kappa shape index (κ3) is 3.82. The molecule has 3 rings (SSSR count). The molecular formula is C17H23N3O3S2. The normalized spacial score (nSPS) is 17.0. The van der Waals surface area contributed by atoms with Crippen LogP contribution in [0.5, 0.6) is 0 Å². The van der Waals surface area contributed by atoms with Crippen LogP contribution in [0.4, 0.5) is 11.4 Å². The van der Waals surface area contributed by atoms with E-state index in [1.807, 2.05) is 24.3 Å². The molecule has 1 aromatic carbocycles. The first-order chi connectivity index (χ1) is 11.7. The number of anilines is 2. The van der Waals surface area contributed by atoms with Crippen LogP contribution in [0.25, 0.3) is 0 Å². The minimum Gasteiger partial charge on any atom is -0.398 e. The van der Waals surface area contributed by atoms with Crippen molar-refractivity contribution in [2.24, 2.45) is 0 Å². The predicted molar refractivity (Wildman–Crippen MR) is 101 cm³/mol. The third-order valence-electron chi connectivity index (χ3n) is 4.37. The van der Waals surface area contributed by atoms with Crippen LogP contribution in [-0.2, 0) is 15.6 Å². The molecule has 1 aliphatic heterocycles. The van der Waals surface area contributed by atoms with Gasteiger partial charge in [0.2, 0.25) is 0 Å². The first-order valence-electron chi connectivity index (χ1n) is 8.10. The Morgan fingerprint density at radius 1 is 1.12 bits per heavy atom. The summed E-state index contributed by atoms with van der Waals surface area (Å²) >= 11 is 1.16. The van der Waals surface area contributed by atoms with Gasteiger partial charge in [0.15, 0.2) is 0 Å². The quantitative estimate of drug-likeness (QED) is 0.847. The fourth-order valence-corrected chi connectivity index (χ4v) is 5.51. The SMILES string of the molecule is CC(C)(O)c1ccc(N2CCN(S(=O)(=O)c3cc(N)cs3)CC2)cc1. The maximum atomic E-state index is 12.6. The van der Waals surface area contributed by atoms with E-state index in [0.29, 0.717) is 36.1 Å². The Labute approximate surface area is 152 Å². The smallest absolute Gasteiger partial charge is 0.252 e. The minimum atomic E-state index is -3.46. The standard InChI is InChI=1S/C17H23N3O3S2/c1-17(2,21)13-3-5-15(6-4-13)19-7-9-20(10-8-19)25(22,23)16-11-14(18)12-24-16/h3-6,11-12,21H,7-10,18H2,1-2H3. The molecule has 0 radical (unpaired) electrons. The van der Waals surface area contributed by atoms with Gasteiger partial charge in [0.05, 0.1) is 5.60 Å². The maximum Gasteiger partial charge on any atom is 0.252 e. The highest BCUT2D eigenvalue weighted by molar-refractivity contribution is 7.91. The average molecular weight is 382 g/mol. The number of nitrogens with zero attached hydrogens (tertiary/aromatic N) is 2. The number of rotatable bonds is 4. The first-order valence-corrected chi connectivity index (χ1v) is 10.4. The second-order valence-corrected chi connectivity index (χ2v) is 9.77. The van der Waals surface area contributed by atoms with Gasteiger partial charge >= 0.3 is 0 Å². The molecule has 0 amide bonds. The first kappa shape index (κ1) is 18.2. The van der Waals surface area contributed by atoms with E-state index in [9.17, 15) is 13.5 Å². The summed E-state index contributed by atoms with van der Waals surface area (Å²) in [5.74, 6) is 0. The Kier molecular flexibility index (Phi) is 4.80. The Balaban J connectivity index is 1.68. The molecule has 1 saturated heterocycles. The molecule has 0 unspecified atom stereocenters. The predicted octanol–water partition coefficient (Wildman–Crippen LogP) is 2.07. The molecule has 2 aromatic rings. The number of piperazine rings is 1. The van der Waals surface area contributed by atoms with Gasteiger partial charge in [-0.05, 0) is 37.6 Å². The number of hydrogen-bond donors (Lipinski definition) is 2. The summed E-state index contributed by atoms with van der Waals surface area (Å²) in [7, 11) is -3.46. The lowest BCUT2D eigenvalue weighted by atomic mass is 9.98. The average Bonchev–Trinajstić information content (AvgIpc) is 3.02. The molecule has 0 spiro atoms. The van der Waals surface area contributed by atoms with Crippen molar-refractivity contribution in [1.82, 2.24) is 4.31 Å². The molecule has 2 heterocycles. The largest absolute Gasteiger partial charge is 0.398 e. The van der Waals surface area contributed by atoms with Crippen LogP contribution in [0.1, 0.15) is 19.4 Å². The fourth-order valence-electron chi connectivity index (χ4n) is 2.86. The van der Waals surface area contributed by atoms with Crippen molar-refractivity contribution in [3.8, 4) is 0 Å². The highest BCUT2D eigenvalue weighted by Crippen LogP contribution is 2.27. The van der Waals surface area contributed by atoms with E-state index in [1.165, 1.54) is 10.4 Å². The summed E-state index contributed by atoms with van der Waals surface area (Å²) in [6.07, 6.45) is 0. The lowest BCUT2D eigenvalue weighted by molar-refractivity contribution is 0.0786. The van der Waals surface area contributed by atoms with Gasteiger partial charge in [-0.25, -0.2) is 8.42 Å². The molecule has 136 valence electrons. The van der Waals surface area contributed by atoms with Crippen molar-refractivity contribution in [1.29, 1.82) is 0 Å². The Morgan fingerprint density at radius 3 is 2.20 bits per heavy atom. The number of nitrogens with two attached hydrogens (primary N) is 1.